The van der Waals surface area contributed by atoms with Gasteiger partial charge >= 0.3 is 10.2 Å². The number of fused-ring (bicyclic) bond motifs is 4. The topological polar surface area (TPSA) is 102 Å². The molecular formula is C34H45ClN4O5S. The first-order valence-corrected chi connectivity index (χ1v) is 17.9. The van der Waals surface area contributed by atoms with Crippen LogP contribution in [0.1, 0.15) is 60.5 Å². The molecule has 6 rings (SSSR count). The molecule has 1 fully saturated rings. The Labute approximate surface area is 272 Å². The Morgan fingerprint density at radius 3 is 2.76 bits per heavy atom. The number of rotatable bonds is 3. The lowest BCUT2D eigenvalue weighted by atomic mass is 9.68. The van der Waals surface area contributed by atoms with Gasteiger partial charge in [-0.3, -0.25) is 4.79 Å². The molecule has 2 aliphatic carbocycles. The first-order chi connectivity index (χ1) is 21.5. The maximum Gasteiger partial charge on any atom is 0.304 e. The molecule has 0 radical (unpaired) electrons. The molecule has 244 valence electrons. The minimum Gasteiger partial charge on any atom is -0.490 e. The maximum atomic E-state index is 13.6. The molecule has 0 aromatic heterocycles. The van der Waals surface area contributed by atoms with Crippen molar-refractivity contribution < 1.29 is 23.1 Å². The number of carbonyl (C=O) groups is 1. The number of ether oxygens (including phenoxy) is 1. The normalized spacial score (nSPS) is 30.8. The SMILES string of the molecule is C[C@H]1C/C=C/[C@H](O)[C@@H]2CC[C@H]2CN2C[C@@]3(CCCc4cc(Cl)ccc43)COc3ccc(cc32)C(=O)NS(=O)(=O)N1CCN(C)C. The largest absolute Gasteiger partial charge is 0.490 e. The summed E-state index contributed by atoms with van der Waals surface area (Å²) >= 11 is 6.40. The van der Waals surface area contributed by atoms with Crippen molar-refractivity contribution in [2.75, 3.05) is 51.8 Å². The Balaban J connectivity index is 1.40. The molecule has 2 bridgehead atoms. The number of aryl methyl sites for hydroxylation is 1. The molecule has 0 saturated heterocycles. The van der Waals surface area contributed by atoms with Crippen LogP contribution in [0.25, 0.3) is 0 Å². The number of benzene rings is 2. The van der Waals surface area contributed by atoms with E-state index in [1.165, 1.54) is 15.4 Å². The van der Waals surface area contributed by atoms with E-state index in [1.807, 2.05) is 44.1 Å². The highest BCUT2D eigenvalue weighted by Crippen LogP contribution is 2.46. The van der Waals surface area contributed by atoms with Crippen LogP contribution in [-0.2, 0) is 22.0 Å². The number of aliphatic hydroxyl groups excluding tert-OH is 1. The molecule has 1 saturated carbocycles. The van der Waals surface area contributed by atoms with Crippen LogP contribution in [0.4, 0.5) is 5.69 Å². The first-order valence-electron chi connectivity index (χ1n) is 16.1. The number of halogens is 1. The highest BCUT2D eigenvalue weighted by molar-refractivity contribution is 7.87. The van der Waals surface area contributed by atoms with Gasteiger partial charge in [0.1, 0.15) is 5.75 Å². The summed E-state index contributed by atoms with van der Waals surface area (Å²) in [6.45, 7) is 4.42. The van der Waals surface area contributed by atoms with E-state index >= 15 is 0 Å². The van der Waals surface area contributed by atoms with Gasteiger partial charge in [0, 0.05) is 48.2 Å². The first kappa shape index (κ1) is 32.3. The molecule has 2 aromatic carbocycles. The van der Waals surface area contributed by atoms with Crippen molar-refractivity contribution in [3.63, 3.8) is 0 Å². The molecule has 2 heterocycles. The van der Waals surface area contributed by atoms with Crippen molar-refractivity contribution in [1.29, 1.82) is 0 Å². The fourth-order valence-electron chi connectivity index (χ4n) is 7.60. The summed E-state index contributed by atoms with van der Waals surface area (Å²) in [5.41, 5.74) is 3.26. The second kappa shape index (κ2) is 12.9. The van der Waals surface area contributed by atoms with Gasteiger partial charge in [0.05, 0.1) is 18.4 Å². The number of hydrogen-bond donors (Lipinski definition) is 2. The number of amides is 1. The summed E-state index contributed by atoms with van der Waals surface area (Å²) in [6.07, 6.45) is 8.40. The van der Waals surface area contributed by atoms with Crippen LogP contribution in [-0.4, -0.2) is 87.7 Å². The Morgan fingerprint density at radius 2 is 2.00 bits per heavy atom. The van der Waals surface area contributed by atoms with Crippen molar-refractivity contribution in [1.82, 2.24) is 13.9 Å². The van der Waals surface area contributed by atoms with Crippen LogP contribution in [0.15, 0.2) is 48.6 Å². The minimum atomic E-state index is -4.16. The van der Waals surface area contributed by atoms with Gasteiger partial charge in [-0.05, 0) is 113 Å². The molecule has 0 unspecified atom stereocenters. The lowest BCUT2D eigenvalue weighted by Crippen LogP contribution is -2.50. The molecule has 1 spiro atoms. The third kappa shape index (κ3) is 6.63. The summed E-state index contributed by atoms with van der Waals surface area (Å²) in [7, 11) is -0.399. The molecule has 5 atom stereocenters. The monoisotopic (exact) mass is 656 g/mol. The highest BCUT2D eigenvalue weighted by Gasteiger charge is 2.44. The fourth-order valence-corrected chi connectivity index (χ4v) is 9.14. The van der Waals surface area contributed by atoms with Crippen molar-refractivity contribution in [2.24, 2.45) is 11.8 Å². The van der Waals surface area contributed by atoms with Crippen LogP contribution in [0.3, 0.4) is 0 Å². The van der Waals surface area contributed by atoms with Crippen LogP contribution >= 0.6 is 11.6 Å². The molecule has 9 nitrogen and oxygen atoms in total. The predicted octanol–water partition coefficient (Wildman–Crippen LogP) is 4.39. The molecule has 2 aliphatic heterocycles. The van der Waals surface area contributed by atoms with Gasteiger partial charge in [0.25, 0.3) is 5.91 Å². The van der Waals surface area contributed by atoms with Crippen LogP contribution in [0.5, 0.6) is 5.75 Å². The maximum absolute atomic E-state index is 13.6. The van der Waals surface area contributed by atoms with Crippen LogP contribution < -0.4 is 14.4 Å². The lowest BCUT2D eigenvalue weighted by molar-refractivity contribution is 0.0455. The average molecular weight is 657 g/mol. The number of carbonyl (C=O) groups excluding carboxylic acids is 1. The second-order valence-corrected chi connectivity index (χ2v) is 15.7. The van der Waals surface area contributed by atoms with Crippen molar-refractivity contribution >= 4 is 33.4 Å². The lowest BCUT2D eigenvalue weighted by Gasteiger charge is -2.45. The highest BCUT2D eigenvalue weighted by atomic mass is 35.5. The standard InChI is InChI=1S/C34H45ClN4O5S/c1-23-6-4-8-31(40)28-12-9-26(28)20-38-21-34(15-5-7-24-18-27(35)11-13-29(24)34)22-44-32-14-10-25(19-30(32)38)33(41)36-45(42,43)39(23)17-16-37(2)3/h4,8,10-11,13-14,18-19,23,26,28,31,40H,5-7,9,12,15-17,20-22H2,1-3H3,(H,36,41)/b8-4+/t23-,26-,28+,31-,34-/m0/s1. The Hall–Kier alpha value is -2.63. The molecule has 2 N–H and O–H groups in total. The smallest absolute Gasteiger partial charge is 0.304 e. The Morgan fingerprint density at radius 1 is 1.18 bits per heavy atom. The fraction of sp³-hybridized carbons (Fsp3) is 0.559. The van der Waals surface area contributed by atoms with Gasteiger partial charge in [0.2, 0.25) is 0 Å². The van der Waals surface area contributed by atoms with E-state index in [-0.39, 0.29) is 29.4 Å². The Kier molecular flexibility index (Phi) is 9.24. The number of nitrogens with zero attached hydrogens (tertiary/aromatic N) is 3. The third-order valence-electron chi connectivity index (χ3n) is 10.3. The molecule has 2 aromatic rings. The summed E-state index contributed by atoms with van der Waals surface area (Å²) in [5.74, 6) is 0.369. The zero-order chi connectivity index (χ0) is 31.9. The van der Waals surface area contributed by atoms with Crippen molar-refractivity contribution in [3.05, 3.63) is 70.3 Å². The Bertz CT molecular complexity index is 1570. The number of anilines is 1. The van der Waals surface area contributed by atoms with E-state index in [9.17, 15) is 18.3 Å². The van der Waals surface area contributed by atoms with Gasteiger partial charge < -0.3 is 19.6 Å². The van der Waals surface area contributed by atoms with Gasteiger partial charge in [-0.1, -0.05) is 29.8 Å². The summed E-state index contributed by atoms with van der Waals surface area (Å²) in [6, 6.07) is 11.0. The minimum absolute atomic E-state index is 0.102. The number of likely N-dealkylation sites (N-methyl/N-ethyl adjacent to an activating group) is 1. The van der Waals surface area contributed by atoms with E-state index in [2.05, 4.69) is 21.8 Å². The van der Waals surface area contributed by atoms with E-state index in [0.29, 0.717) is 38.4 Å². The van der Waals surface area contributed by atoms with Gasteiger partial charge in [-0.2, -0.15) is 12.7 Å². The zero-order valence-corrected chi connectivity index (χ0v) is 28.0. The van der Waals surface area contributed by atoms with Gasteiger partial charge in [-0.15, -0.1) is 0 Å². The summed E-state index contributed by atoms with van der Waals surface area (Å²) in [4.78, 5) is 17.8. The van der Waals surface area contributed by atoms with E-state index in [1.54, 1.807) is 18.2 Å². The third-order valence-corrected chi connectivity index (χ3v) is 12.1. The van der Waals surface area contributed by atoms with Crippen LogP contribution in [0, 0.1) is 11.8 Å². The number of aliphatic hydroxyl groups is 1. The van der Waals surface area contributed by atoms with Gasteiger partial charge in [0.15, 0.2) is 0 Å². The van der Waals surface area contributed by atoms with E-state index in [0.717, 1.165) is 42.8 Å². The molecular weight excluding hydrogens is 612 g/mol. The molecule has 45 heavy (non-hydrogen) atoms. The molecule has 11 heteroatoms. The summed E-state index contributed by atoms with van der Waals surface area (Å²) in [5, 5.41) is 12.0. The molecule has 1 amide bonds. The van der Waals surface area contributed by atoms with E-state index < -0.39 is 28.3 Å². The number of nitrogens with one attached hydrogen (secondary N) is 1. The zero-order valence-electron chi connectivity index (χ0n) is 26.4. The van der Waals surface area contributed by atoms with Gasteiger partial charge in [-0.25, -0.2) is 4.72 Å². The predicted molar refractivity (Wildman–Crippen MR) is 177 cm³/mol. The average Bonchev–Trinajstić information content (AvgIpc) is 3.11. The second-order valence-electron chi connectivity index (χ2n) is 13.6. The molecule has 4 aliphatic rings. The van der Waals surface area contributed by atoms with E-state index in [4.69, 9.17) is 16.3 Å². The van der Waals surface area contributed by atoms with Crippen molar-refractivity contribution in [2.45, 2.75) is 63.0 Å². The summed E-state index contributed by atoms with van der Waals surface area (Å²) < 4.78 is 37.5. The van der Waals surface area contributed by atoms with Crippen LogP contribution in [0.2, 0.25) is 5.02 Å². The van der Waals surface area contributed by atoms with Crippen molar-refractivity contribution in [3.8, 4) is 5.75 Å². The quantitative estimate of drug-likeness (QED) is 0.473. The number of hydrogen-bond acceptors (Lipinski definition) is 7.